The minimum atomic E-state index is -1.29. The van der Waals surface area contributed by atoms with Crippen molar-refractivity contribution in [1.29, 1.82) is 0 Å². The van der Waals surface area contributed by atoms with Crippen molar-refractivity contribution in [3.8, 4) is 5.75 Å². The zero-order valence-corrected chi connectivity index (χ0v) is 7.63. The highest BCUT2D eigenvalue weighted by Gasteiger charge is 2.53. The highest BCUT2D eigenvalue weighted by atomic mass is 19.1. The van der Waals surface area contributed by atoms with Gasteiger partial charge in [0.2, 0.25) is 0 Å². The lowest BCUT2D eigenvalue weighted by atomic mass is 9.95. The van der Waals surface area contributed by atoms with Crippen LogP contribution in [0.25, 0.3) is 0 Å². The molecular formula is C10H8F2O3. The van der Waals surface area contributed by atoms with Crippen LogP contribution in [0.3, 0.4) is 0 Å². The Morgan fingerprint density at radius 3 is 2.33 bits per heavy atom. The Hall–Kier alpha value is -1.65. The topological polar surface area (TPSA) is 57.5 Å². The van der Waals surface area contributed by atoms with Crippen molar-refractivity contribution in [3.05, 3.63) is 29.3 Å². The average Bonchev–Trinajstić information content (AvgIpc) is 2.92. The van der Waals surface area contributed by atoms with E-state index in [-0.39, 0.29) is 5.56 Å². The molecule has 0 unspecified atom stereocenters. The van der Waals surface area contributed by atoms with Gasteiger partial charge in [0.1, 0.15) is 5.82 Å². The Morgan fingerprint density at radius 1 is 1.27 bits per heavy atom. The second-order valence-electron chi connectivity index (χ2n) is 3.67. The third kappa shape index (κ3) is 1.35. The molecule has 0 aromatic heterocycles. The monoisotopic (exact) mass is 214 g/mol. The van der Waals surface area contributed by atoms with Crippen LogP contribution in [0, 0.1) is 11.6 Å². The number of carboxylic acid groups (broad SMARTS) is 1. The van der Waals surface area contributed by atoms with Crippen LogP contribution in [0.15, 0.2) is 12.1 Å². The van der Waals surface area contributed by atoms with E-state index in [2.05, 4.69) is 0 Å². The van der Waals surface area contributed by atoms with E-state index in [0.717, 1.165) is 6.07 Å². The second-order valence-corrected chi connectivity index (χ2v) is 3.67. The number of aromatic hydroxyl groups is 1. The molecular weight excluding hydrogens is 206 g/mol. The number of aliphatic carboxylic acids is 1. The first-order valence-electron chi connectivity index (χ1n) is 4.39. The van der Waals surface area contributed by atoms with Crippen LogP contribution >= 0.6 is 0 Å². The van der Waals surface area contributed by atoms with Gasteiger partial charge in [-0.3, -0.25) is 4.79 Å². The fourth-order valence-corrected chi connectivity index (χ4v) is 1.63. The quantitative estimate of drug-likeness (QED) is 0.789. The number of hydrogen-bond donors (Lipinski definition) is 2. The van der Waals surface area contributed by atoms with E-state index in [1.54, 1.807) is 0 Å². The average molecular weight is 214 g/mol. The van der Waals surface area contributed by atoms with Gasteiger partial charge in [-0.15, -0.1) is 0 Å². The Kier molecular flexibility index (Phi) is 1.92. The zero-order chi connectivity index (χ0) is 11.2. The number of hydrogen-bond acceptors (Lipinski definition) is 2. The van der Waals surface area contributed by atoms with Gasteiger partial charge in [0.05, 0.1) is 5.41 Å². The molecule has 1 saturated carbocycles. The maximum atomic E-state index is 13.3. The number of carboxylic acids is 1. The lowest BCUT2D eigenvalue weighted by Crippen LogP contribution is -2.21. The minimum absolute atomic E-state index is 0.190. The normalized spacial score (nSPS) is 17.5. The Labute approximate surface area is 84.0 Å². The van der Waals surface area contributed by atoms with E-state index in [0.29, 0.717) is 18.9 Å². The Balaban J connectivity index is 2.54. The first kappa shape index (κ1) is 9.89. The third-order valence-corrected chi connectivity index (χ3v) is 2.71. The number of carbonyl (C=O) groups is 1. The zero-order valence-electron chi connectivity index (χ0n) is 7.63. The van der Waals surface area contributed by atoms with Gasteiger partial charge in [0.15, 0.2) is 11.6 Å². The molecule has 1 aromatic carbocycles. The van der Waals surface area contributed by atoms with E-state index in [4.69, 9.17) is 10.2 Å². The first-order chi connectivity index (χ1) is 6.97. The molecule has 0 spiro atoms. The van der Waals surface area contributed by atoms with E-state index in [1.165, 1.54) is 0 Å². The van der Waals surface area contributed by atoms with Crippen LogP contribution in [-0.4, -0.2) is 16.2 Å². The Bertz CT molecular complexity index is 439. The summed E-state index contributed by atoms with van der Waals surface area (Å²) in [7, 11) is 0. The van der Waals surface area contributed by atoms with Gasteiger partial charge in [-0.05, 0) is 18.9 Å². The summed E-state index contributed by atoms with van der Waals surface area (Å²) in [5.74, 6) is -3.85. The summed E-state index contributed by atoms with van der Waals surface area (Å²) >= 11 is 0. The summed E-state index contributed by atoms with van der Waals surface area (Å²) < 4.78 is 26.3. The maximum Gasteiger partial charge on any atom is 0.314 e. The van der Waals surface area contributed by atoms with Crippen LogP contribution in [0.1, 0.15) is 18.4 Å². The number of halogens is 2. The summed E-state index contributed by atoms with van der Waals surface area (Å²) in [6.07, 6.45) is 0.590. The number of benzene rings is 1. The van der Waals surface area contributed by atoms with Gasteiger partial charge in [-0.2, -0.15) is 0 Å². The van der Waals surface area contributed by atoms with Gasteiger partial charge in [0, 0.05) is 11.6 Å². The smallest absolute Gasteiger partial charge is 0.314 e. The van der Waals surface area contributed by atoms with Crippen molar-refractivity contribution in [3.63, 3.8) is 0 Å². The molecule has 2 N–H and O–H groups in total. The molecule has 0 heterocycles. The van der Waals surface area contributed by atoms with Crippen LogP contribution in [0.2, 0.25) is 0 Å². The van der Waals surface area contributed by atoms with Gasteiger partial charge in [-0.1, -0.05) is 0 Å². The van der Waals surface area contributed by atoms with Crippen LogP contribution in [0.5, 0.6) is 5.75 Å². The van der Waals surface area contributed by atoms with Crippen LogP contribution in [-0.2, 0) is 10.2 Å². The molecule has 0 bridgehead atoms. The molecule has 2 rings (SSSR count). The predicted octanol–water partition coefficient (Wildman–Crippen LogP) is 1.79. The molecule has 1 aliphatic rings. The summed E-state index contributed by atoms with van der Waals surface area (Å²) in [4.78, 5) is 10.9. The molecule has 5 heteroatoms. The maximum absolute atomic E-state index is 13.3. The summed E-state index contributed by atoms with van der Waals surface area (Å²) in [5, 5.41) is 17.8. The lowest BCUT2D eigenvalue weighted by molar-refractivity contribution is -0.140. The van der Waals surface area contributed by atoms with Crippen molar-refractivity contribution in [1.82, 2.24) is 0 Å². The second kappa shape index (κ2) is 2.92. The van der Waals surface area contributed by atoms with Crippen molar-refractivity contribution < 1.29 is 23.8 Å². The molecule has 0 aliphatic heterocycles. The summed E-state index contributed by atoms with van der Waals surface area (Å²) in [5.41, 5.74) is -1.48. The van der Waals surface area contributed by atoms with Gasteiger partial charge in [-0.25, -0.2) is 8.78 Å². The van der Waals surface area contributed by atoms with Crippen molar-refractivity contribution in [2.75, 3.05) is 0 Å². The summed E-state index contributed by atoms with van der Waals surface area (Å²) in [6.45, 7) is 0. The van der Waals surface area contributed by atoms with Crippen LogP contribution < -0.4 is 0 Å². The van der Waals surface area contributed by atoms with Crippen molar-refractivity contribution in [2.24, 2.45) is 0 Å². The standard InChI is InChI=1S/C10H8F2O3/c11-6-4-8(13)7(12)3-5(6)10(1-2-10)9(14)15/h3-4,13H,1-2H2,(H,14,15). The highest BCUT2D eigenvalue weighted by molar-refractivity contribution is 5.85. The molecule has 15 heavy (non-hydrogen) atoms. The fourth-order valence-electron chi connectivity index (χ4n) is 1.63. The number of rotatable bonds is 2. The van der Waals surface area contributed by atoms with Gasteiger partial charge >= 0.3 is 5.97 Å². The SMILES string of the molecule is O=C(O)C1(c2cc(F)c(O)cc2F)CC1. The highest BCUT2D eigenvalue weighted by Crippen LogP contribution is 2.49. The fraction of sp³-hybridized carbons (Fsp3) is 0.300. The largest absolute Gasteiger partial charge is 0.505 e. The number of phenolic OH excluding ortho intramolecular Hbond substituents is 1. The molecule has 0 saturated heterocycles. The Morgan fingerprint density at radius 2 is 1.87 bits per heavy atom. The van der Waals surface area contributed by atoms with E-state index < -0.39 is 28.8 Å². The molecule has 80 valence electrons. The predicted molar refractivity (Wildman–Crippen MR) is 46.6 cm³/mol. The van der Waals surface area contributed by atoms with Crippen LogP contribution in [0.4, 0.5) is 8.78 Å². The van der Waals surface area contributed by atoms with Crippen molar-refractivity contribution >= 4 is 5.97 Å². The van der Waals surface area contributed by atoms with E-state index in [1.807, 2.05) is 0 Å². The summed E-state index contributed by atoms with van der Waals surface area (Å²) in [6, 6.07) is 1.36. The number of phenols is 1. The lowest BCUT2D eigenvalue weighted by Gasteiger charge is -2.11. The molecule has 0 atom stereocenters. The van der Waals surface area contributed by atoms with E-state index in [9.17, 15) is 13.6 Å². The van der Waals surface area contributed by atoms with Gasteiger partial charge < -0.3 is 10.2 Å². The van der Waals surface area contributed by atoms with E-state index >= 15 is 0 Å². The molecule has 3 nitrogen and oxygen atoms in total. The molecule has 1 aromatic rings. The third-order valence-electron chi connectivity index (χ3n) is 2.71. The molecule has 1 aliphatic carbocycles. The molecule has 0 amide bonds. The molecule has 1 fully saturated rings. The minimum Gasteiger partial charge on any atom is -0.505 e. The van der Waals surface area contributed by atoms with Gasteiger partial charge in [0.25, 0.3) is 0 Å². The van der Waals surface area contributed by atoms with Crippen molar-refractivity contribution in [2.45, 2.75) is 18.3 Å². The molecule has 0 radical (unpaired) electrons. The first-order valence-corrected chi connectivity index (χ1v) is 4.39.